The van der Waals surface area contributed by atoms with E-state index in [0.29, 0.717) is 10.6 Å². The van der Waals surface area contributed by atoms with Gasteiger partial charge >= 0.3 is 0 Å². The third kappa shape index (κ3) is 2.32. The van der Waals surface area contributed by atoms with E-state index < -0.39 is 12.3 Å². The average molecular weight is 253 g/mol. The summed E-state index contributed by atoms with van der Waals surface area (Å²) < 4.78 is 27.8. The Kier molecular flexibility index (Phi) is 3.43. The summed E-state index contributed by atoms with van der Waals surface area (Å²) in [6, 6.07) is 14.4. The molecule has 0 aliphatic carbocycles. The van der Waals surface area contributed by atoms with Crippen molar-refractivity contribution in [2.75, 3.05) is 6.67 Å². The number of halogens is 3. The first-order chi connectivity index (χ1) is 8.16. The lowest BCUT2D eigenvalue weighted by Gasteiger charge is -2.23. The van der Waals surface area contributed by atoms with Crippen LogP contribution in [0.2, 0.25) is 5.02 Å². The van der Waals surface area contributed by atoms with E-state index in [4.69, 9.17) is 11.6 Å². The predicted octanol–water partition coefficient (Wildman–Crippen LogP) is 4.52. The largest absolute Gasteiger partial charge is 0.247 e. The van der Waals surface area contributed by atoms with Crippen molar-refractivity contribution in [1.29, 1.82) is 0 Å². The lowest BCUT2D eigenvalue weighted by Crippen LogP contribution is -2.24. The van der Waals surface area contributed by atoms with Crippen LogP contribution in [0.5, 0.6) is 0 Å². The number of benzene rings is 2. The molecule has 0 saturated carbocycles. The van der Waals surface area contributed by atoms with Crippen LogP contribution in [-0.2, 0) is 5.67 Å². The number of hydrogen-bond acceptors (Lipinski definition) is 0. The molecule has 0 aliphatic rings. The molecule has 0 fully saturated rings. The molecule has 1 unspecified atom stereocenters. The van der Waals surface area contributed by atoms with Crippen molar-refractivity contribution >= 4 is 11.6 Å². The van der Waals surface area contributed by atoms with Crippen LogP contribution in [0, 0.1) is 0 Å². The van der Waals surface area contributed by atoms with Gasteiger partial charge in [-0.1, -0.05) is 54.1 Å². The van der Waals surface area contributed by atoms with Crippen LogP contribution >= 0.6 is 11.6 Å². The average Bonchev–Trinajstić information content (AvgIpc) is 2.40. The Morgan fingerprint density at radius 3 is 1.94 bits per heavy atom. The van der Waals surface area contributed by atoms with Crippen LogP contribution in [-0.4, -0.2) is 6.67 Å². The van der Waals surface area contributed by atoms with Crippen molar-refractivity contribution in [2.45, 2.75) is 5.67 Å². The van der Waals surface area contributed by atoms with Crippen molar-refractivity contribution in [3.05, 3.63) is 70.7 Å². The summed E-state index contributed by atoms with van der Waals surface area (Å²) in [7, 11) is 0. The van der Waals surface area contributed by atoms with E-state index in [1.165, 1.54) is 12.1 Å². The first-order valence-corrected chi connectivity index (χ1v) is 5.61. The van der Waals surface area contributed by atoms with Gasteiger partial charge in [0.2, 0.25) is 0 Å². The highest BCUT2D eigenvalue weighted by Gasteiger charge is 2.34. The zero-order valence-corrected chi connectivity index (χ0v) is 9.79. The van der Waals surface area contributed by atoms with Crippen molar-refractivity contribution < 1.29 is 8.78 Å². The summed E-state index contributed by atoms with van der Waals surface area (Å²) >= 11 is 5.73. The van der Waals surface area contributed by atoms with E-state index in [2.05, 4.69) is 0 Å². The molecule has 2 aromatic carbocycles. The molecule has 0 bridgehead atoms. The summed E-state index contributed by atoms with van der Waals surface area (Å²) in [6.45, 7) is -1.10. The minimum Gasteiger partial charge on any atom is -0.247 e. The van der Waals surface area contributed by atoms with Crippen LogP contribution in [0.4, 0.5) is 8.78 Å². The van der Waals surface area contributed by atoms with Gasteiger partial charge in [-0.3, -0.25) is 0 Å². The Morgan fingerprint density at radius 1 is 0.882 bits per heavy atom. The highest BCUT2D eigenvalue weighted by molar-refractivity contribution is 6.30. The highest BCUT2D eigenvalue weighted by Crippen LogP contribution is 2.34. The van der Waals surface area contributed by atoms with Gasteiger partial charge in [0.05, 0.1) is 0 Å². The van der Waals surface area contributed by atoms with Crippen molar-refractivity contribution in [3.63, 3.8) is 0 Å². The van der Waals surface area contributed by atoms with Crippen LogP contribution in [0.25, 0.3) is 0 Å². The molecule has 0 heterocycles. The molecular weight excluding hydrogens is 242 g/mol. The summed E-state index contributed by atoms with van der Waals surface area (Å²) in [5.41, 5.74) is -1.52. The topological polar surface area (TPSA) is 0 Å². The van der Waals surface area contributed by atoms with Gasteiger partial charge in [0.15, 0.2) is 5.67 Å². The van der Waals surface area contributed by atoms with E-state index in [1.807, 2.05) is 0 Å². The maximum atomic E-state index is 14.7. The lowest BCUT2D eigenvalue weighted by atomic mass is 9.89. The predicted molar refractivity (Wildman–Crippen MR) is 65.8 cm³/mol. The normalized spacial score (nSPS) is 14.3. The Morgan fingerprint density at radius 2 is 1.41 bits per heavy atom. The Balaban J connectivity index is 2.48. The molecule has 2 rings (SSSR count). The zero-order valence-electron chi connectivity index (χ0n) is 9.04. The van der Waals surface area contributed by atoms with Gasteiger partial charge in [0.25, 0.3) is 0 Å². The highest BCUT2D eigenvalue weighted by atomic mass is 35.5. The summed E-state index contributed by atoms with van der Waals surface area (Å²) in [5, 5.41) is 0.503. The summed E-state index contributed by atoms with van der Waals surface area (Å²) in [5.74, 6) is 0. The molecule has 0 nitrogen and oxygen atoms in total. The SMILES string of the molecule is FCC(F)(c1ccccc1)c1ccc(Cl)cc1. The van der Waals surface area contributed by atoms with Crippen molar-refractivity contribution in [1.82, 2.24) is 0 Å². The van der Waals surface area contributed by atoms with E-state index in [1.54, 1.807) is 42.5 Å². The fraction of sp³-hybridized carbons (Fsp3) is 0.143. The molecule has 0 aliphatic heterocycles. The van der Waals surface area contributed by atoms with Gasteiger partial charge in [0.1, 0.15) is 6.67 Å². The van der Waals surface area contributed by atoms with E-state index in [0.717, 1.165) is 0 Å². The molecule has 88 valence electrons. The first-order valence-electron chi connectivity index (χ1n) is 5.23. The summed E-state index contributed by atoms with van der Waals surface area (Å²) in [4.78, 5) is 0. The Labute approximate surface area is 104 Å². The Hall–Kier alpha value is -1.41. The molecule has 0 spiro atoms. The smallest absolute Gasteiger partial charge is 0.189 e. The van der Waals surface area contributed by atoms with Crippen molar-refractivity contribution in [3.8, 4) is 0 Å². The molecule has 1 atom stereocenters. The maximum Gasteiger partial charge on any atom is 0.189 e. The monoisotopic (exact) mass is 252 g/mol. The number of rotatable bonds is 3. The minimum atomic E-state index is -2.11. The first kappa shape index (κ1) is 12.1. The fourth-order valence-corrected chi connectivity index (χ4v) is 1.86. The van der Waals surface area contributed by atoms with E-state index >= 15 is 0 Å². The zero-order chi connectivity index (χ0) is 12.3. The molecule has 0 aromatic heterocycles. The molecule has 0 amide bonds. The van der Waals surface area contributed by atoms with Crippen LogP contribution in [0.15, 0.2) is 54.6 Å². The van der Waals surface area contributed by atoms with E-state index in [9.17, 15) is 8.78 Å². The second kappa shape index (κ2) is 4.84. The third-order valence-electron chi connectivity index (χ3n) is 2.72. The molecule has 0 N–H and O–H groups in total. The number of hydrogen-bond donors (Lipinski definition) is 0. The van der Waals surface area contributed by atoms with Gasteiger partial charge in [0, 0.05) is 5.02 Å². The molecular formula is C14H11ClF2. The quantitative estimate of drug-likeness (QED) is 0.753. The van der Waals surface area contributed by atoms with Crippen LogP contribution in [0.1, 0.15) is 11.1 Å². The molecule has 17 heavy (non-hydrogen) atoms. The standard InChI is InChI=1S/C14H11ClF2/c15-13-8-6-12(7-9-13)14(17,10-16)11-4-2-1-3-5-11/h1-9H,10H2. The van der Waals surface area contributed by atoms with Crippen molar-refractivity contribution in [2.24, 2.45) is 0 Å². The Bertz CT molecular complexity index is 481. The second-order valence-electron chi connectivity index (χ2n) is 3.81. The molecule has 0 saturated heterocycles. The summed E-state index contributed by atoms with van der Waals surface area (Å²) in [6.07, 6.45) is 0. The van der Waals surface area contributed by atoms with Gasteiger partial charge < -0.3 is 0 Å². The maximum absolute atomic E-state index is 14.7. The second-order valence-corrected chi connectivity index (χ2v) is 4.24. The van der Waals surface area contributed by atoms with Gasteiger partial charge in [-0.25, -0.2) is 8.78 Å². The van der Waals surface area contributed by atoms with Crippen LogP contribution in [0.3, 0.4) is 0 Å². The number of alkyl halides is 2. The molecule has 2 aromatic rings. The lowest BCUT2D eigenvalue weighted by molar-refractivity contribution is 0.167. The van der Waals surface area contributed by atoms with Gasteiger partial charge in [-0.15, -0.1) is 0 Å². The minimum absolute atomic E-state index is 0.274. The fourth-order valence-electron chi connectivity index (χ4n) is 1.74. The molecule has 3 heteroatoms. The van der Waals surface area contributed by atoms with Gasteiger partial charge in [-0.05, 0) is 23.3 Å². The van der Waals surface area contributed by atoms with Crippen LogP contribution < -0.4 is 0 Å². The van der Waals surface area contributed by atoms with Gasteiger partial charge in [-0.2, -0.15) is 0 Å². The third-order valence-corrected chi connectivity index (χ3v) is 2.97. The molecule has 0 radical (unpaired) electrons. The van der Waals surface area contributed by atoms with E-state index in [-0.39, 0.29) is 5.56 Å².